The summed E-state index contributed by atoms with van der Waals surface area (Å²) in [6.07, 6.45) is 4.06. The van der Waals surface area contributed by atoms with Crippen molar-refractivity contribution < 1.29 is 9.53 Å². The Kier molecular flexibility index (Phi) is 8.14. The molecule has 0 aromatic heterocycles. The van der Waals surface area contributed by atoms with Gasteiger partial charge in [-0.15, -0.1) is 12.4 Å². The Balaban J connectivity index is 0.00000261. The van der Waals surface area contributed by atoms with Gasteiger partial charge in [0.1, 0.15) is 5.75 Å². The molecule has 1 fully saturated rings. The summed E-state index contributed by atoms with van der Waals surface area (Å²) in [5.74, 6) is 1.10. The Labute approximate surface area is 168 Å². The molecule has 5 heteroatoms. The second-order valence-corrected chi connectivity index (χ2v) is 6.95. The molecule has 3 rings (SSSR count). The van der Waals surface area contributed by atoms with E-state index in [1.165, 1.54) is 0 Å². The number of nitrogens with one attached hydrogen (secondary N) is 2. The molecule has 4 nitrogen and oxygen atoms in total. The zero-order valence-corrected chi connectivity index (χ0v) is 16.9. The van der Waals surface area contributed by atoms with Gasteiger partial charge in [0.05, 0.1) is 7.11 Å². The highest BCUT2D eigenvalue weighted by Crippen LogP contribution is 2.27. The van der Waals surface area contributed by atoms with Crippen molar-refractivity contribution in [1.82, 2.24) is 10.6 Å². The van der Waals surface area contributed by atoms with Gasteiger partial charge in [-0.1, -0.05) is 36.4 Å². The predicted octanol–water partition coefficient (Wildman–Crippen LogP) is 4.18. The molecule has 0 unspecified atom stereocenters. The van der Waals surface area contributed by atoms with E-state index in [1.807, 2.05) is 31.3 Å². The average Bonchev–Trinajstić information content (AvgIpc) is 2.72. The monoisotopic (exact) mass is 388 g/mol. The Hall–Kier alpha value is -2.04. The van der Waals surface area contributed by atoms with Crippen LogP contribution in [0.4, 0.5) is 0 Å². The molecule has 0 aliphatic heterocycles. The second-order valence-electron chi connectivity index (χ2n) is 6.95. The highest BCUT2D eigenvalue weighted by atomic mass is 35.5. The van der Waals surface area contributed by atoms with Crippen LogP contribution in [0, 0.1) is 5.92 Å². The maximum absolute atomic E-state index is 12.5. The molecule has 0 atom stereocenters. The fourth-order valence-electron chi connectivity index (χ4n) is 3.70. The van der Waals surface area contributed by atoms with E-state index in [2.05, 4.69) is 34.9 Å². The molecule has 0 radical (unpaired) electrons. The molecule has 1 aliphatic rings. The van der Waals surface area contributed by atoms with E-state index in [9.17, 15) is 4.79 Å². The van der Waals surface area contributed by atoms with Gasteiger partial charge in [-0.2, -0.15) is 0 Å². The van der Waals surface area contributed by atoms with Crippen LogP contribution in [0.1, 0.15) is 31.2 Å². The van der Waals surface area contributed by atoms with Crippen molar-refractivity contribution in [2.75, 3.05) is 14.2 Å². The standard InChI is InChI=1S/C22H28N2O2.ClH/c1-23-20-11-8-17(9-12-20)22(25)24-15-19-14-18(10-13-21(19)26-2)16-6-4-3-5-7-16;/h3-7,10,13-14,17,20,23H,8-9,11-12,15H2,1-2H3,(H,24,25);1H. The number of ether oxygens (including phenoxy) is 1. The summed E-state index contributed by atoms with van der Waals surface area (Å²) in [7, 11) is 3.67. The van der Waals surface area contributed by atoms with Crippen LogP contribution in [0.15, 0.2) is 48.5 Å². The third kappa shape index (κ3) is 5.47. The van der Waals surface area contributed by atoms with Gasteiger partial charge < -0.3 is 15.4 Å². The van der Waals surface area contributed by atoms with Gasteiger partial charge in [-0.3, -0.25) is 4.79 Å². The molecular weight excluding hydrogens is 360 g/mol. The molecule has 1 saturated carbocycles. The molecule has 2 aromatic rings. The van der Waals surface area contributed by atoms with Crippen LogP contribution in [-0.4, -0.2) is 26.1 Å². The molecular formula is C22H29ClN2O2. The number of hydrogen-bond acceptors (Lipinski definition) is 3. The zero-order chi connectivity index (χ0) is 18.4. The number of methoxy groups -OCH3 is 1. The fourth-order valence-corrected chi connectivity index (χ4v) is 3.70. The van der Waals surface area contributed by atoms with Gasteiger partial charge >= 0.3 is 0 Å². The molecule has 2 aromatic carbocycles. The molecule has 2 N–H and O–H groups in total. The van der Waals surface area contributed by atoms with E-state index in [1.54, 1.807) is 7.11 Å². The minimum Gasteiger partial charge on any atom is -0.496 e. The first-order valence-electron chi connectivity index (χ1n) is 9.38. The van der Waals surface area contributed by atoms with Crippen LogP contribution in [0.5, 0.6) is 5.75 Å². The number of carbonyl (C=O) groups excluding carboxylic acids is 1. The Morgan fingerprint density at radius 3 is 2.37 bits per heavy atom. The van der Waals surface area contributed by atoms with Crippen molar-refractivity contribution >= 4 is 18.3 Å². The summed E-state index contributed by atoms with van der Waals surface area (Å²) in [5.41, 5.74) is 3.30. The van der Waals surface area contributed by atoms with Gasteiger partial charge in [0.25, 0.3) is 0 Å². The van der Waals surface area contributed by atoms with E-state index >= 15 is 0 Å². The Morgan fingerprint density at radius 1 is 1.04 bits per heavy atom. The van der Waals surface area contributed by atoms with E-state index in [0.717, 1.165) is 48.1 Å². The van der Waals surface area contributed by atoms with Crippen LogP contribution in [-0.2, 0) is 11.3 Å². The summed E-state index contributed by atoms with van der Waals surface area (Å²) < 4.78 is 5.48. The molecule has 1 amide bonds. The van der Waals surface area contributed by atoms with E-state index in [0.29, 0.717) is 12.6 Å². The van der Waals surface area contributed by atoms with Crippen LogP contribution in [0.3, 0.4) is 0 Å². The highest BCUT2D eigenvalue weighted by Gasteiger charge is 2.25. The molecule has 27 heavy (non-hydrogen) atoms. The Bertz CT molecular complexity index is 728. The van der Waals surface area contributed by atoms with Crippen LogP contribution < -0.4 is 15.4 Å². The summed E-state index contributed by atoms with van der Waals surface area (Å²) in [6, 6.07) is 16.9. The van der Waals surface area contributed by atoms with Gasteiger partial charge in [0, 0.05) is 24.1 Å². The molecule has 0 saturated heterocycles. The first-order chi connectivity index (χ1) is 12.7. The quantitative estimate of drug-likeness (QED) is 0.780. The average molecular weight is 389 g/mol. The largest absolute Gasteiger partial charge is 0.496 e. The number of rotatable bonds is 6. The third-order valence-electron chi connectivity index (χ3n) is 5.35. The van der Waals surface area contributed by atoms with Crippen LogP contribution >= 0.6 is 12.4 Å². The first kappa shape index (κ1) is 21.3. The van der Waals surface area contributed by atoms with Gasteiger partial charge in [0.2, 0.25) is 5.91 Å². The third-order valence-corrected chi connectivity index (χ3v) is 5.35. The number of hydrogen-bond donors (Lipinski definition) is 2. The zero-order valence-electron chi connectivity index (χ0n) is 16.0. The summed E-state index contributed by atoms with van der Waals surface area (Å²) in [5, 5.41) is 6.43. The minimum atomic E-state index is 0. The molecule has 0 bridgehead atoms. The minimum absolute atomic E-state index is 0. The second kappa shape index (κ2) is 10.3. The number of halogens is 1. The Morgan fingerprint density at radius 2 is 1.74 bits per heavy atom. The van der Waals surface area contributed by atoms with Crippen molar-refractivity contribution in [2.45, 2.75) is 38.3 Å². The SMILES string of the molecule is CNC1CCC(C(=O)NCc2cc(-c3ccccc3)ccc2OC)CC1.Cl. The lowest BCUT2D eigenvalue weighted by Crippen LogP contribution is -2.37. The lowest BCUT2D eigenvalue weighted by molar-refractivity contribution is -0.126. The smallest absolute Gasteiger partial charge is 0.223 e. The van der Waals surface area contributed by atoms with Gasteiger partial charge in [-0.05, 0) is 56.0 Å². The summed E-state index contributed by atoms with van der Waals surface area (Å²) >= 11 is 0. The topological polar surface area (TPSA) is 50.4 Å². The predicted molar refractivity (Wildman–Crippen MR) is 112 cm³/mol. The fraction of sp³-hybridized carbons (Fsp3) is 0.409. The molecule has 1 aliphatic carbocycles. The first-order valence-corrected chi connectivity index (χ1v) is 9.38. The summed E-state index contributed by atoms with van der Waals surface area (Å²) in [6.45, 7) is 0.495. The van der Waals surface area contributed by atoms with Crippen molar-refractivity contribution in [3.05, 3.63) is 54.1 Å². The number of amides is 1. The molecule has 0 spiro atoms. The van der Waals surface area contributed by atoms with Crippen molar-refractivity contribution in [3.63, 3.8) is 0 Å². The lowest BCUT2D eigenvalue weighted by Gasteiger charge is -2.27. The van der Waals surface area contributed by atoms with E-state index < -0.39 is 0 Å². The molecule has 0 heterocycles. The van der Waals surface area contributed by atoms with E-state index in [-0.39, 0.29) is 24.2 Å². The normalized spacial score (nSPS) is 19.0. The van der Waals surface area contributed by atoms with Crippen LogP contribution in [0.2, 0.25) is 0 Å². The van der Waals surface area contributed by atoms with E-state index in [4.69, 9.17) is 4.74 Å². The number of carbonyl (C=O) groups is 1. The van der Waals surface area contributed by atoms with Crippen molar-refractivity contribution in [1.29, 1.82) is 0 Å². The highest BCUT2D eigenvalue weighted by molar-refractivity contribution is 5.85. The van der Waals surface area contributed by atoms with Crippen LogP contribution in [0.25, 0.3) is 11.1 Å². The maximum atomic E-state index is 12.5. The van der Waals surface area contributed by atoms with Crippen molar-refractivity contribution in [3.8, 4) is 16.9 Å². The number of benzene rings is 2. The summed E-state index contributed by atoms with van der Waals surface area (Å²) in [4.78, 5) is 12.5. The van der Waals surface area contributed by atoms with Crippen molar-refractivity contribution in [2.24, 2.45) is 5.92 Å². The lowest BCUT2D eigenvalue weighted by atomic mass is 9.85. The molecule has 146 valence electrons. The maximum Gasteiger partial charge on any atom is 0.223 e. The van der Waals surface area contributed by atoms with Gasteiger partial charge in [-0.25, -0.2) is 0 Å². The van der Waals surface area contributed by atoms with Gasteiger partial charge in [0.15, 0.2) is 0 Å².